The number of aliphatic hydroxyl groups is 1. The van der Waals surface area contributed by atoms with Gasteiger partial charge in [-0.25, -0.2) is 0 Å². The first-order chi connectivity index (χ1) is 11.2. The van der Waals surface area contributed by atoms with E-state index in [1.807, 2.05) is 24.3 Å². The molecule has 0 amide bonds. The minimum absolute atomic E-state index is 0. The smallest absolute Gasteiger partial charge is 0.194 e. The van der Waals surface area contributed by atoms with E-state index in [0.29, 0.717) is 6.54 Å². The van der Waals surface area contributed by atoms with Crippen LogP contribution in [-0.4, -0.2) is 48.2 Å². The van der Waals surface area contributed by atoms with Crippen LogP contribution in [0, 0.1) is 5.41 Å². The van der Waals surface area contributed by atoms with E-state index in [-0.39, 0.29) is 34.9 Å². The minimum Gasteiger partial charge on any atom is -0.497 e. The fourth-order valence-electron chi connectivity index (χ4n) is 2.92. The number of aliphatic hydroxyl groups excluding tert-OH is 1. The van der Waals surface area contributed by atoms with Gasteiger partial charge in [-0.05, 0) is 38.5 Å². The maximum atomic E-state index is 10.5. The van der Waals surface area contributed by atoms with Gasteiger partial charge >= 0.3 is 0 Å². The summed E-state index contributed by atoms with van der Waals surface area (Å²) in [4.78, 5) is 6.96. The number of benzene rings is 1. The first-order valence-corrected chi connectivity index (χ1v) is 8.61. The molecule has 1 atom stereocenters. The molecule has 2 rings (SSSR count). The SMILES string of the molecule is CCNC(=NCC(O)c1cccc(OC)c1)N1CC(C)(C)C1(C)C.I. The molecule has 142 valence electrons. The standard InChI is InChI=1S/C19H31N3O2.HI/c1-7-20-17(22-13-18(2,3)19(22,4)5)21-12-16(23)14-9-8-10-15(11-14)24-6;/h8-11,16,23H,7,12-13H2,1-6H3,(H,20,21);1H. The molecule has 0 bridgehead atoms. The van der Waals surface area contributed by atoms with Gasteiger partial charge in [0.15, 0.2) is 5.96 Å². The minimum atomic E-state index is -0.647. The van der Waals surface area contributed by atoms with Crippen molar-refractivity contribution in [1.82, 2.24) is 10.2 Å². The van der Waals surface area contributed by atoms with Crippen molar-refractivity contribution in [2.75, 3.05) is 26.7 Å². The van der Waals surface area contributed by atoms with Crippen molar-refractivity contribution in [2.24, 2.45) is 10.4 Å². The first-order valence-electron chi connectivity index (χ1n) is 8.61. The Balaban J connectivity index is 0.00000312. The monoisotopic (exact) mass is 461 g/mol. The predicted molar refractivity (Wildman–Crippen MR) is 114 cm³/mol. The summed E-state index contributed by atoms with van der Waals surface area (Å²) in [6.45, 7) is 13.2. The van der Waals surface area contributed by atoms with E-state index in [1.165, 1.54) is 0 Å². The molecule has 1 unspecified atom stereocenters. The van der Waals surface area contributed by atoms with Crippen molar-refractivity contribution in [3.05, 3.63) is 29.8 Å². The molecule has 1 saturated heterocycles. The van der Waals surface area contributed by atoms with Crippen LogP contribution in [0.25, 0.3) is 0 Å². The highest BCUT2D eigenvalue weighted by Crippen LogP contribution is 2.46. The molecule has 0 radical (unpaired) electrons. The molecule has 0 saturated carbocycles. The van der Waals surface area contributed by atoms with E-state index >= 15 is 0 Å². The summed E-state index contributed by atoms with van der Waals surface area (Å²) in [5, 5.41) is 13.8. The predicted octanol–water partition coefficient (Wildman–Crippen LogP) is 3.43. The van der Waals surface area contributed by atoms with Crippen LogP contribution in [-0.2, 0) is 0 Å². The van der Waals surface area contributed by atoms with E-state index in [2.05, 4.69) is 49.8 Å². The summed E-state index contributed by atoms with van der Waals surface area (Å²) in [5.74, 6) is 1.61. The summed E-state index contributed by atoms with van der Waals surface area (Å²) in [6, 6.07) is 7.50. The van der Waals surface area contributed by atoms with Crippen molar-refractivity contribution in [2.45, 2.75) is 46.3 Å². The molecule has 2 N–H and O–H groups in total. The van der Waals surface area contributed by atoms with Gasteiger partial charge in [0.05, 0.1) is 19.8 Å². The van der Waals surface area contributed by atoms with E-state index < -0.39 is 6.10 Å². The second kappa shape index (κ2) is 8.58. The lowest BCUT2D eigenvalue weighted by Gasteiger charge is -2.62. The molecule has 1 aromatic rings. The van der Waals surface area contributed by atoms with Gasteiger partial charge in [0, 0.05) is 24.0 Å². The number of aliphatic imine (C=N–C) groups is 1. The van der Waals surface area contributed by atoms with Crippen LogP contribution in [0.15, 0.2) is 29.3 Å². The number of methoxy groups -OCH3 is 1. The summed E-state index contributed by atoms with van der Waals surface area (Å²) in [7, 11) is 1.63. The lowest BCUT2D eigenvalue weighted by atomic mass is 9.65. The number of hydrogen-bond acceptors (Lipinski definition) is 3. The zero-order chi connectivity index (χ0) is 18.0. The molecule has 5 nitrogen and oxygen atoms in total. The van der Waals surface area contributed by atoms with Gasteiger partial charge in [-0.2, -0.15) is 0 Å². The number of nitrogens with one attached hydrogen (secondary N) is 1. The van der Waals surface area contributed by atoms with E-state index in [4.69, 9.17) is 4.74 Å². The van der Waals surface area contributed by atoms with Crippen LogP contribution in [0.5, 0.6) is 5.75 Å². The molecule has 6 heteroatoms. The van der Waals surface area contributed by atoms with Crippen LogP contribution >= 0.6 is 24.0 Å². The Bertz CT molecular complexity index is 602. The maximum Gasteiger partial charge on any atom is 0.194 e. The highest BCUT2D eigenvalue weighted by Gasteiger charge is 2.53. The van der Waals surface area contributed by atoms with Crippen molar-refractivity contribution < 1.29 is 9.84 Å². The zero-order valence-corrected chi connectivity index (χ0v) is 18.5. The highest BCUT2D eigenvalue weighted by atomic mass is 127. The Hall–Kier alpha value is -1.02. The van der Waals surface area contributed by atoms with Gasteiger partial charge in [-0.15, -0.1) is 24.0 Å². The summed E-state index contributed by atoms with van der Waals surface area (Å²) in [6.07, 6.45) is -0.647. The van der Waals surface area contributed by atoms with Gasteiger partial charge in [0.25, 0.3) is 0 Å². The molecule has 1 heterocycles. The van der Waals surface area contributed by atoms with E-state index in [9.17, 15) is 5.11 Å². The molecule has 0 spiro atoms. The van der Waals surface area contributed by atoms with Crippen molar-refractivity contribution >= 4 is 29.9 Å². The third-order valence-electron chi connectivity index (χ3n) is 5.37. The van der Waals surface area contributed by atoms with Crippen LogP contribution < -0.4 is 10.1 Å². The average Bonchev–Trinajstić information content (AvgIpc) is 2.56. The van der Waals surface area contributed by atoms with Crippen LogP contribution in [0.1, 0.15) is 46.3 Å². The molecule has 1 aliphatic heterocycles. The van der Waals surface area contributed by atoms with Gasteiger partial charge in [-0.1, -0.05) is 26.0 Å². The second-order valence-electron chi connectivity index (χ2n) is 7.52. The number of hydrogen-bond donors (Lipinski definition) is 2. The summed E-state index contributed by atoms with van der Waals surface area (Å²) in [5.41, 5.74) is 1.10. The van der Waals surface area contributed by atoms with Gasteiger partial charge in [-0.3, -0.25) is 4.99 Å². The molecular weight excluding hydrogens is 429 g/mol. The number of ether oxygens (including phenoxy) is 1. The van der Waals surface area contributed by atoms with Gasteiger partial charge < -0.3 is 20.1 Å². The Kier molecular flexibility index (Phi) is 7.55. The quantitative estimate of drug-likeness (QED) is 0.401. The average molecular weight is 461 g/mol. The molecule has 1 aliphatic rings. The van der Waals surface area contributed by atoms with Gasteiger partial charge in [0.1, 0.15) is 5.75 Å². The molecule has 25 heavy (non-hydrogen) atoms. The fourth-order valence-corrected chi connectivity index (χ4v) is 2.92. The van der Waals surface area contributed by atoms with Crippen molar-refractivity contribution in [3.8, 4) is 5.75 Å². The zero-order valence-electron chi connectivity index (χ0n) is 16.2. The number of likely N-dealkylation sites (tertiary alicyclic amines) is 1. The summed E-state index contributed by atoms with van der Waals surface area (Å²) < 4.78 is 5.22. The van der Waals surface area contributed by atoms with Crippen molar-refractivity contribution in [3.63, 3.8) is 0 Å². The van der Waals surface area contributed by atoms with Crippen LogP contribution in [0.4, 0.5) is 0 Å². The van der Waals surface area contributed by atoms with Crippen molar-refractivity contribution in [1.29, 1.82) is 0 Å². The third kappa shape index (κ3) is 4.58. The number of nitrogens with zero attached hydrogens (tertiary/aromatic N) is 2. The van der Waals surface area contributed by atoms with E-state index in [0.717, 1.165) is 30.4 Å². The molecule has 1 fully saturated rings. The normalized spacial score (nSPS) is 19.5. The molecule has 1 aromatic carbocycles. The fraction of sp³-hybridized carbons (Fsp3) is 0.632. The Morgan fingerprint density at radius 3 is 2.56 bits per heavy atom. The second-order valence-corrected chi connectivity index (χ2v) is 7.52. The molecule has 0 aliphatic carbocycles. The Labute approximate surface area is 168 Å². The number of guanidine groups is 1. The van der Waals surface area contributed by atoms with Crippen LogP contribution in [0.3, 0.4) is 0 Å². The topological polar surface area (TPSA) is 57.1 Å². The van der Waals surface area contributed by atoms with Crippen LogP contribution in [0.2, 0.25) is 0 Å². The third-order valence-corrected chi connectivity index (χ3v) is 5.37. The largest absolute Gasteiger partial charge is 0.497 e. The number of rotatable bonds is 5. The molecular formula is C19H32IN3O2. The Morgan fingerprint density at radius 2 is 2.04 bits per heavy atom. The molecule has 0 aromatic heterocycles. The summed E-state index contributed by atoms with van der Waals surface area (Å²) >= 11 is 0. The maximum absolute atomic E-state index is 10.5. The first kappa shape index (κ1) is 22.0. The van der Waals surface area contributed by atoms with E-state index in [1.54, 1.807) is 7.11 Å². The number of halogens is 1. The Morgan fingerprint density at radius 1 is 1.36 bits per heavy atom. The lowest BCUT2D eigenvalue weighted by Crippen LogP contribution is -2.72. The highest BCUT2D eigenvalue weighted by molar-refractivity contribution is 14.0. The van der Waals surface area contributed by atoms with Gasteiger partial charge in [0.2, 0.25) is 0 Å². The lowest BCUT2D eigenvalue weighted by molar-refractivity contribution is -0.0668.